The second-order valence-electron chi connectivity index (χ2n) is 8.05. The van der Waals surface area contributed by atoms with Crippen molar-refractivity contribution in [1.29, 1.82) is 0 Å². The number of aliphatic hydroxyl groups excluding tert-OH is 1. The van der Waals surface area contributed by atoms with Crippen molar-refractivity contribution in [2.24, 2.45) is 0 Å². The van der Waals surface area contributed by atoms with Crippen LogP contribution in [0.1, 0.15) is 22.0 Å². The Morgan fingerprint density at radius 3 is 2.62 bits per heavy atom. The molecule has 2 fully saturated rings. The number of piperazine rings is 1. The molecule has 162 valence electrons. The van der Waals surface area contributed by atoms with Crippen molar-refractivity contribution in [3.63, 3.8) is 0 Å². The summed E-state index contributed by atoms with van der Waals surface area (Å²) in [6, 6.07) is 13.5. The molecule has 0 spiro atoms. The molecular formula is C24H21FN4O3. The Balaban J connectivity index is 1.39. The summed E-state index contributed by atoms with van der Waals surface area (Å²) in [5.74, 6) is -0.929. The molecule has 32 heavy (non-hydrogen) atoms. The minimum Gasteiger partial charge on any atom is -0.394 e. The van der Waals surface area contributed by atoms with Gasteiger partial charge in [0.15, 0.2) is 0 Å². The summed E-state index contributed by atoms with van der Waals surface area (Å²) in [6.45, 7) is 0.151. The van der Waals surface area contributed by atoms with Gasteiger partial charge in [0.1, 0.15) is 18.1 Å². The van der Waals surface area contributed by atoms with Crippen LogP contribution in [0.25, 0.3) is 11.1 Å². The average molecular weight is 432 g/mol. The predicted molar refractivity (Wildman–Crippen MR) is 114 cm³/mol. The molecule has 3 aromatic rings. The molecule has 0 saturated carbocycles. The van der Waals surface area contributed by atoms with Gasteiger partial charge >= 0.3 is 0 Å². The Hall–Kier alpha value is -3.65. The molecule has 2 amide bonds. The molecule has 0 unspecified atom stereocenters. The molecule has 0 bridgehead atoms. The maximum Gasteiger partial charge on any atom is 0.274 e. The third kappa shape index (κ3) is 3.42. The molecule has 2 aliphatic rings. The van der Waals surface area contributed by atoms with E-state index in [4.69, 9.17) is 0 Å². The zero-order chi connectivity index (χ0) is 22.2. The fraction of sp³-hybridized carbons (Fsp3) is 0.250. The number of benzene rings is 2. The highest BCUT2D eigenvalue weighted by atomic mass is 19.1. The van der Waals surface area contributed by atoms with Gasteiger partial charge in [0.2, 0.25) is 5.91 Å². The normalized spacial score (nSPS) is 22.3. The molecule has 2 saturated heterocycles. The minimum atomic E-state index is -0.334. The number of hydrogen-bond donors (Lipinski definition) is 1. The van der Waals surface area contributed by atoms with Crippen molar-refractivity contribution in [2.75, 3.05) is 19.7 Å². The zero-order valence-electron chi connectivity index (χ0n) is 17.1. The third-order valence-corrected chi connectivity index (χ3v) is 6.28. The summed E-state index contributed by atoms with van der Waals surface area (Å²) in [7, 11) is 0. The fourth-order valence-corrected chi connectivity index (χ4v) is 4.79. The van der Waals surface area contributed by atoms with Crippen molar-refractivity contribution in [1.82, 2.24) is 19.8 Å². The fourth-order valence-electron chi connectivity index (χ4n) is 4.79. The van der Waals surface area contributed by atoms with Crippen LogP contribution in [-0.4, -0.2) is 68.5 Å². The number of carbonyl (C=O) groups is 2. The van der Waals surface area contributed by atoms with Crippen molar-refractivity contribution in [3.8, 4) is 11.1 Å². The van der Waals surface area contributed by atoms with E-state index < -0.39 is 0 Å². The summed E-state index contributed by atoms with van der Waals surface area (Å²) < 4.78 is 13.6. The zero-order valence-corrected chi connectivity index (χ0v) is 17.1. The average Bonchev–Trinajstić information content (AvgIpc) is 2.81. The van der Waals surface area contributed by atoms with Gasteiger partial charge in [-0.15, -0.1) is 0 Å². The highest BCUT2D eigenvalue weighted by Gasteiger charge is 2.54. The van der Waals surface area contributed by atoms with E-state index in [1.807, 2.05) is 30.3 Å². The number of aromatic nitrogens is 2. The van der Waals surface area contributed by atoms with Crippen molar-refractivity contribution in [2.45, 2.75) is 18.0 Å². The van der Waals surface area contributed by atoms with E-state index in [-0.39, 0.29) is 54.5 Å². The molecular weight excluding hydrogens is 411 g/mol. The maximum absolute atomic E-state index is 13.6. The quantitative estimate of drug-likeness (QED) is 0.682. The molecule has 3 atom stereocenters. The topological polar surface area (TPSA) is 86.6 Å². The molecule has 2 aromatic carbocycles. The minimum absolute atomic E-state index is 0.0480. The van der Waals surface area contributed by atoms with Crippen LogP contribution in [0.4, 0.5) is 4.39 Å². The van der Waals surface area contributed by atoms with E-state index in [0.717, 1.165) is 16.7 Å². The van der Waals surface area contributed by atoms with Crippen LogP contribution in [0.3, 0.4) is 0 Å². The lowest BCUT2D eigenvalue weighted by Crippen LogP contribution is -2.73. The van der Waals surface area contributed by atoms with Crippen LogP contribution in [0.2, 0.25) is 0 Å². The second kappa shape index (κ2) is 8.12. The first-order valence-corrected chi connectivity index (χ1v) is 10.4. The van der Waals surface area contributed by atoms with Crippen molar-refractivity contribution >= 4 is 11.8 Å². The first kappa shape index (κ1) is 20.3. The van der Waals surface area contributed by atoms with Gasteiger partial charge < -0.3 is 14.9 Å². The van der Waals surface area contributed by atoms with Gasteiger partial charge in [-0.05, 0) is 28.8 Å². The summed E-state index contributed by atoms with van der Waals surface area (Å²) in [6.07, 6.45) is 4.32. The van der Waals surface area contributed by atoms with E-state index >= 15 is 0 Å². The molecule has 3 heterocycles. The van der Waals surface area contributed by atoms with E-state index in [0.29, 0.717) is 6.54 Å². The molecule has 1 aromatic heterocycles. The van der Waals surface area contributed by atoms with Crippen LogP contribution in [0, 0.1) is 5.82 Å². The Morgan fingerprint density at radius 2 is 1.94 bits per heavy atom. The second-order valence-corrected chi connectivity index (χ2v) is 8.05. The third-order valence-electron chi connectivity index (χ3n) is 6.28. The molecule has 2 aliphatic heterocycles. The number of hydrogen-bond acceptors (Lipinski definition) is 5. The Bertz CT molecular complexity index is 1160. The van der Waals surface area contributed by atoms with Gasteiger partial charge in [0.05, 0.1) is 24.9 Å². The highest BCUT2D eigenvalue weighted by molar-refractivity contribution is 5.96. The van der Waals surface area contributed by atoms with Crippen molar-refractivity contribution in [3.05, 3.63) is 84.2 Å². The van der Waals surface area contributed by atoms with Gasteiger partial charge in [-0.25, -0.2) is 9.37 Å². The van der Waals surface area contributed by atoms with Gasteiger partial charge in [-0.3, -0.25) is 14.6 Å². The van der Waals surface area contributed by atoms with E-state index in [1.165, 1.54) is 35.6 Å². The number of amides is 2. The number of carbonyl (C=O) groups excluding carboxylic acids is 2. The van der Waals surface area contributed by atoms with Gasteiger partial charge in [-0.1, -0.05) is 36.4 Å². The molecule has 8 heteroatoms. The van der Waals surface area contributed by atoms with Crippen LogP contribution < -0.4 is 0 Å². The Kier molecular flexibility index (Phi) is 5.14. The van der Waals surface area contributed by atoms with E-state index in [1.54, 1.807) is 11.0 Å². The number of aliphatic hydroxyl groups is 1. The predicted octanol–water partition coefficient (Wildman–Crippen LogP) is 2.09. The SMILES string of the molecule is O=C(c1cnccn1)N1CC(=O)N2[C@H](CO)[C@@H](c3ccc(-c4cccc(F)c4)cc3)[C@@H]2C1. The number of fused-ring (bicyclic) bond motifs is 1. The Labute approximate surface area is 184 Å². The summed E-state index contributed by atoms with van der Waals surface area (Å²) in [4.78, 5) is 36.7. The molecule has 0 radical (unpaired) electrons. The summed E-state index contributed by atoms with van der Waals surface area (Å²) in [5.41, 5.74) is 2.82. The molecule has 5 rings (SSSR count). The van der Waals surface area contributed by atoms with Crippen LogP contribution in [-0.2, 0) is 4.79 Å². The maximum atomic E-state index is 13.6. The first-order chi connectivity index (χ1) is 15.6. The first-order valence-electron chi connectivity index (χ1n) is 10.4. The van der Waals surface area contributed by atoms with Gasteiger partial charge in [0, 0.05) is 24.9 Å². The van der Waals surface area contributed by atoms with Crippen LogP contribution in [0.5, 0.6) is 0 Å². The number of nitrogens with zero attached hydrogens (tertiary/aromatic N) is 4. The lowest BCUT2D eigenvalue weighted by atomic mass is 9.73. The van der Waals surface area contributed by atoms with Crippen LogP contribution >= 0.6 is 0 Å². The molecule has 1 N–H and O–H groups in total. The standard InChI is InChI=1S/C24H21FN4O3/c25-18-3-1-2-17(10-18)15-4-6-16(7-5-15)23-20-12-28(13-22(31)29(20)21(23)14-30)24(32)19-11-26-8-9-27-19/h1-11,20-21,23,30H,12-14H2/t20-,21+,23-/m0/s1. The molecule has 0 aliphatic carbocycles. The Morgan fingerprint density at radius 1 is 1.12 bits per heavy atom. The monoisotopic (exact) mass is 432 g/mol. The largest absolute Gasteiger partial charge is 0.394 e. The smallest absolute Gasteiger partial charge is 0.274 e. The van der Waals surface area contributed by atoms with E-state index in [9.17, 15) is 19.1 Å². The summed E-state index contributed by atoms with van der Waals surface area (Å²) >= 11 is 0. The lowest BCUT2D eigenvalue weighted by molar-refractivity contribution is -0.159. The lowest BCUT2D eigenvalue weighted by Gasteiger charge is -2.58. The van der Waals surface area contributed by atoms with E-state index in [2.05, 4.69) is 9.97 Å². The highest BCUT2D eigenvalue weighted by Crippen LogP contribution is 2.43. The summed E-state index contributed by atoms with van der Waals surface area (Å²) in [5, 5.41) is 9.96. The number of rotatable bonds is 4. The van der Waals surface area contributed by atoms with Crippen molar-refractivity contribution < 1.29 is 19.1 Å². The number of halogens is 1. The van der Waals surface area contributed by atoms with Gasteiger partial charge in [-0.2, -0.15) is 0 Å². The molecule has 7 nitrogen and oxygen atoms in total. The van der Waals surface area contributed by atoms with Crippen LogP contribution in [0.15, 0.2) is 67.1 Å². The van der Waals surface area contributed by atoms with Gasteiger partial charge in [0.25, 0.3) is 5.91 Å².